The number of fused-ring (bicyclic) bond motifs is 5. The third kappa shape index (κ3) is 1.96. The summed E-state index contributed by atoms with van der Waals surface area (Å²) in [5.41, 5.74) is 1.92. The van der Waals surface area contributed by atoms with E-state index in [1.165, 1.54) is 7.11 Å². The van der Waals surface area contributed by atoms with E-state index in [0.29, 0.717) is 47.8 Å². The summed E-state index contributed by atoms with van der Waals surface area (Å²) >= 11 is 0. The Morgan fingerprint density at radius 1 is 1.26 bits per heavy atom. The first kappa shape index (κ1) is 16.7. The Morgan fingerprint density at radius 2 is 2.07 bits per heavy atom. The lowest BCUT2D eigenvalue weighted by atomic mass is 9.76. The predicted molar refractivity (Wildman–Crippen MR) is 95.7 cm³/mol. The molecule has 5 rings (SSSR count). The van der Waals surface area contributed by atoms with Gasteiger partial charge in [0.25, 0.3) is 0 Å². The number of aromatic hydroxyl groups is 1. The minimum atomic E-state index is -1.15. The van der Waals surface area contributed by atoms with E-state index in [1.54, 1.807) is 19.2 Å². The lowest BCUT2D eigenvalue weighted by Crippen LogP contribution is -2.61. The Kier molecular flexibility index (Phi) is 3.26. The molecule has 0 bridgehead atoms. The molecule has 1 unspecified atom stereocenters. The molecule has 1 spiro atoms. The quantitative estimate of drug-likeness (QED) is 0.589. The molecule has 142 valence electrons. The van der Waals surface area contributed by atoms with Crippen LogP contribution in [-0.4, -0.2) is 42.4 Å². The molecular weight excluding hydrogens is 350 g/mol. The van der Waals surface area contributed by atoms with Crippen LogP contribution < -0.4 is 14.2 Å². The van der Waals surface area contributed by atoms with Crippen LogP contribution in [0, 0.1) is 5.21 Å². The van der Waals surface area contributed by atoms with E-state index in [-0.39, 0.29) is 12.5 Å². The molecule has 0 aromatic heterocycles. The van der Waals surface area contributed by atoms with Crippen molar-refractivity contribution in [3.05, 3.63) is 51.7 Å². The van der Waals surface area contributed by atoms with Gasteiger partial charge in [0, 0.05) is 24.0 Å². The molecule has 1 aliphatic carbocycles. The summed E-state index contributed by atoms with van der Waals surface area (Å²) in [6.45, 7) is 0.426. The van der Waals surface area contributed by atoms with E-state index in [4.69, 9.17) is 14.2 Å². The van der Waals surface area contributed by atoms with Gasteiger partial charge in [0.1, 0.15) is 6.10 Å². The van der Waals surface area contributed by atoms with Crippen LogP contribution in [0.15, 0.2) is 24.3 Å². The highest BCUT2D eigenvalue weighted by atomic mass is 16.7. The Labute approximate surface area is 156 Å². The van der Waals surface area contributed by atoms with Crippen LogP contribution in [0.2, 0.25) is 0 Å². The van der Waals surface area contributed by atoms with Crippen LogP contribution >= 0.6 is 0 Å². The zero-order valence-electron chi connectivity index (χ0n) is 15.2. The summed E-state index contributed by atoms with van der Waals surface area (Å²) < 4.78 is 15.7. The van der Waals surface area contributed by atoms with E-state index in [2.05, 4.69) is 0 Å². The van der Waals surface area contributed by atoms with Crippen molar-refractivity contribution in [3.8, 4) is 23.0 Å². The van der Waals surface area contributed by atoms with Crippen molar-refractivity contribution in [1.82, 2.24) is 0 Å². The van der Waals surface area contributed by atoms with E-state index in [9.17, 15) is 15.4 Å². The van der Waals surface area contributed by atoms with Crippen LogP contribution in [0.25, 0.3) is 0 Å². The summed E-state index contributed by atoms with van der Waals surface area (Å²) in [5.74, 6) is 1.43. The molecule has 3 atom stereocenters. The first-order valence-corrected chi connectivity index (χ1v) is 8.95. The van der Waals surface area contributed by atoms with Gasteiger partial charge in [-0.05, 0) is 29.3 Å². The highest BCUT2D eigenvalue weighted by Crippen LogP contribution is 2.59. The van der Waals surface area contributed by atoms with Crippen LogP contribution in [0.1, 0.15) is 28.4 Å². The Balaban J connectivity index is 1.76. The van der Waals surface area contributed by atoms with Crippen LogP contribution in [0.4, 0.5) is 0 Å². The number of aliphatic hydroxyl groups is 1. The number of nitrogens with zero attached hydrogens (tertiary/aromatic N) is 1. The number of hydroxylamine groups is 3. The van der Waals surface area contributed by atoms with Gasteiger partial charge < -0.3 is 34.3 Å². The minimum Gasteiger partial charge on any atom is -0.632 e. The normalized spacial score (nSPS) is 30.3. The van der Waals surface area contributed by atoms with Gasteiger partial charge in [0.05, 0.1) is 20.7 Å². The fraction of sp³-hybridized carbons (Fsp3) is 0.400. The number of phenolic OH excluding ortho intramolecular Hbond substituents is 1. The average Bonchev–Trinajstić information content (AvgIpc) is 3.22. The molecular formula is C20H21NO6. The molecule has 2 aromatic carbocycles. The maximum absolute atomic E-state index is 13.7. The summed E-state index contributed by atoms with van der Waals surface area (Å²) in [6, 6.07) is 7.05. The lowest BCUT2D eigenvalue weighted by Gasteiger charge is -2.57. The van der Waals surface area contributed by atoms with E-state index < -0.39 is 16.3 Å². The molecule has 2 aliphatic heterocycles. The predicted octanol–water partition coefficient (Wildman–Crippen LogP) is 2.12. The van der Waals surface area contributed by atoms with Gasteiger partial charge in [-0.25, -0.2) is 0 Å². The number of ether oxygens (including phenoxy) is 3. The van der Waals surface area contributed by atoms with Crippen molar-refractivity contribution in [2.24, 2.45) is 0 Å². The van der Waals surface area contributed by atoms with Crippen molar-refractivity contribution in [1.29, 1.82) is 0 Å². The molecule has 0 fully saturated rings. The fourth-order valence-corrected chi connectivity index (χ4v) is 4.95. The van der Waals surface area contributed by atoms with Gasteiger partial charge in [0.2, 0.25) is 6.79 Å². The number of quaternary nitrogens is 1. The number of hydrogen-bond donors (Lipinski definition) is 2. The Hall–Kier alpha value is -2.48. The Morgan fingerprint density at radius 3 is 2.85 bits per heavy atom. The van der Waals surface area contributed by atoms with Gasteiger partial charge in [-0.15, -0.1) is 0 Å². The smallest absolute Gasteiger partial charge is 0.231 e. The number of likely N-dealkylation sites (N-methyl/N-ethyl adjacent to an activating group) is 1. The molecule has 2 heterocycles. The molecule has 2 N–H and O–H groups in total. The lowest BCUT2D eigenvalue weighted by molar-refractivity contribution is -0.929. The molecule has 0 saturated heterocycles. The molecule has 3 aliphatic rings. The third-order valence-corrected chi connectivity index (χ3v) is 6.38. The minimum absolute atomic E-state index is 0.0366. The van der Waals surface area contributed by atoms with E-state index >= 15 is 0 Å². The SMILES string of the molecule is COc1cc2c(cc1O)[C@@]1(Cc3ccc4c(c3[C@H]1O)OCO4)[N+](C)([O-])CC2. The summed E-state index contributed by atoms with van der Waals surface area (Å²) in [5, 5.41) is 35.5. The van der Waals surface area contributed by atoms with Crippen molar-refractivity contribution < 1.29 is 29.1 Å². The second-order valence-electron chi connectivity index (χ2n) is 7.63. The highest BCUT2D eigenvalue weighted by molar-refractivity contribution is 5.60. The molecule has 0 saturated carbocycles. The van der Waals surface area contributed by atoms with Crippen LogP contribution in [0.5, 0.6) is 23.0 Å². The maximum Gasteiger partial charge on any atom is 0.231 e. The largest absolute Gasteiger partial charge is 0.632 e. The zero-order chi connectivity index (χ0) is 19.0. The number of hydrogen-bond acceptors (Lipinski definition) is 6. The second-order valence-corrected chi connectivity index (χ2v) is 7.63. The first-order chi connectivity index (χ1) is 12.9. The fourth-order valence-electron chi connectivity index (χ4n) is 4.95. The van der Waals surface area contributed by atoms with Crippen molar-refractivity contribution in [3.63, 3.8) is 0 Å². The number of methoxy groups -OCH3 is 1. The number of benzene rings is 2. The summed E-state index contributed by atoms with van der Waals surface area (Å²) in [7, 11) is 3.09. The van der Waals surface area contributed by atoms with Crippen LogP contribution in [0.3, 0.4) is 0 Å². The Bertz CT molecular complexity index is 956. The highest BCUT2D eigenvalue weighted by Gasteiger charge is 2.60. The average molecular weight is 371 g/mol. The molecule has 27 heavy (non-hydrogen) atoms. The monoisotopic (exact) mass is 371 g/mol. The first-order valence-electron chi connectivity index (χ1n) is 8.95. The zero-order valence-corrected chi connectivity index (χ0v) is 15.2. The third-order valence-electron chi connectivity index (χ3n) is 6.38. The van der Waals surface area contributed by atoms with Gasteiger partial charge in [0.15, 0.2) is 28.5 Å². The topological polar surface area (TPSA) is 91.2 Å². The molecule has 0 radical (unpaired) electrons. The number of aliphatic hydroxyl groups excluding tert-OH is 1. The standard InChI is InChI=1S/C20H21NO6/c1-21(24)6-5-11-7-16(25-2)14(22)8-13(11)20(21)9-12-3-4-15-18(27-10-26-15)17(12)19(20)23/h3-4,7-8,19,22-23H,5-6,9-10H2,1-2H3/t19-,20-,21?/m1/s1. The maximum atomic E-state index is 13.7. The van der Waals surface area contributed by atoms with Gasteiger partial charge in [-0.1, -0.05) is 6.07 Å². The molecule has 7 heteroatoms. The van der Waals surface area contributed by atoms with Gasteiger partial charge in [-0.2, -0.15) is 0 Å². The van der Waals surface area contributed by atoms with E-state index in [1.807, 2.05) is 12.1 Å². The van der Waals surface area contributed by atoms with Gasteiger partial charge >= 0.3 is 0 Å². The summed E-state index contributed by atoms with van der Waals surface area (Å²) in [4.78, 5) is 0. The van der Waals surface area contributed by atoms with Gasteiger partial charge in [-0.3, -0.25) is 0 Å². The molecule has 2 aromatic rings. The number of phenols is 1. The van der Waals surface area contributed by atoms with E-state index in [0.717, 1.165) is 11.1 Å². The van der Waals surface area contributed by atoms with Crippen molar-refractivity contribution >= 4 is 0 Å². The van der Waals surface area contributed by atoms with Crippen molar-refractivity contribution in [2.75, 3.05) is 27.5 Å². The molecule has 7 nitrogen and oxygen atoms in total. The molecule has 0 amide bonds. The van der Waals surface area contributed by atoms with Crippen molar-refractivity contribution in [2.45, 2.75) is 24.5 Å². The second kappa shape index (κ2) is 5.28. The summed E-state index contributed by atoms with van der Waals surface area (Å²) in [6.07, 6.45) is -0.161. The number of rotatable bonds is 1. The van der Waals surface area contributed by atoms with Crippen LogP contribution in [-0.2, 0) is 18.4 Å².